The minimum Gasteiger partial charge on any atom is -0.377 e. The van der Waals surface area contributed by atoms with E-state index in [1.807, 2.05) is 7.05 Å². The van der Waals surface area contributed by atoms with Crippen LogP contribution in [0.4, 0.5) is 0 Å². The summed E-state index contributed by atoms with van der Waals surface area (Å²) in [6.45, 7) is 8.59. The van der Waals surface area contributed by atoms with Gasteiger partial charge in [-0.2, -0.15) is 0 Å². The molecule has 1 aliphatic heterocycles. The van der Waals surface area contributed by atoms with Gasteiger partial charge >= 0.3 is 0 Å². The van der Waals surface area contributed by atoms with E-state index in [-0.39, 0.29) is 0 Å². The van der Waals surface area contributed by atoms with E-state index in [4.69, 9.17) is 4.74 Å². The minimum absolute atomic E-state index is 0.362. The number of piperidine rings is 1. The highest BCUT2D eigenvalue weighted by molar-refractivity contribution is 4.77. The van der Waals surface area contributed by atoms with Gasteiger partial charge in [-0.1, -0.05) is 6.42 Å². The topological polar surface area (TPSA) is 24.5 Å². The molecule has 1 fully saturated rings. The second-order valence-electron chi connectivity index (χ2n) is 5.00. The van der Waals surface area contributed by atoms with Crippen LogP contribution in [0.5, 0.6) is 0 Å². The molecule has 0 amide bonds. The first kappa shape index (κ1) is 13.9. The monoisotopic (exact) mass is 228 g/mol. The Bertz CT molecular complexity index is 173. The van der Waals surface area contributed by atoms with E-state index in [9.17, 15) is 0 Å². The van der Waals surface area contributed by atoms with Crippen molar-refractivity contribution in [1.29, 1.82) is 0 Å². The van der Waals surface area contributed by atoms with Crippen molar-refractivity contribution in [3.63, 3.8) is 0 Å². The summed E-state index contributed by atoms with van der Waals surface area (Å²) in [6, 6.07) is 0.775. The summed E-state index contributed by atoms with van der Waals surface area (Å²) in [4.78, 5) is 2.61. The van der Waals surface area contributed by atoms with Crippen LogP contribution in [0, 0.1) is 0 Å². The van der Waals surface area contributed by atoms with Gasteiger partial charge in [0.25, 0.3) is 0 Å². The summed E-state index contributed by atoms with van der Waals surface area (Å²) in [5.74, 6) is 0. The second-order valence-corrected chi connectivity index (χ2v) is 5.00. The molecule has 1 rings (SSSR count). The Hall–Kier alpha value is -0.120. The SMILES string of the molecule is CNCCC1CCCCN1CCOC(C)C. The molecular formula is C13H28N2O. The average Bonchev–Trinajstić information content (AvgIpc) is 2.27. The van der Waals surface area contributed by atoms with Gasteiger partial charge in [-0.05, 0) is 53.2 Å². The lowest BCUT2D eigenvalue weighted by atomic mass is 9.99. The number of likely N-dealkylation sites (tertiary alicyclic amines) is 1. The maximum Gasteiger partial charge on any atom is 0.0597 e. The van der Waals surface area contributed by atoms with E-state index >= 15 is 0 Å². The van der Waals surface area contributed by atoms with Gasteiger partial charge in [0, 0.05) is 12.6 Å². The first-order chi connectivity index (χ1) is 7.74. The molecule has 0 aromatic rings. The molecule has 0 aromatic heterocycles. The normalized spacial score (nSPS) is 22.9. The number of hydrogen-bond donors (Lipinski definition) is 1. The maximum atomic E-state index is 5.64. The van der Waals surface area contributed by atoms with Crippen LogP contribution in [0.3, 0.4) is 0 Å². The molecule has 0 radical (unpaired) electrons. The lowest BCUT2D eigenvalue weighted by Gasteiger charge is -2.35. The molecule has 0 aromatic carbocycles. The van der Waals surface area contributed by atoms with Crippen molar-refractivity contribution in [2.45, 2.75) is 51.7 Å². The van der Waals surface area contributed by atoms with Crippen LogP contribution in [0.1, 0.15) is 39.5 Å². The zero-order valence-corrected chi connectivity index (χ0v) is 11.2. The van der Waals surface area contributed by atoms with E-state index < -0.39 is 0 Å². The predicted octanol–water partition coefficient (Wildman–Crippen LogP) is 1.88. The fraction of sp³-hybridized carbons (Fsp3) is 1.00. The van der Waals surface area contributed by atoms with Gasteiger partial charge in [0.05, 0.1) is 12.7 Å². The summed E-state index contributed by atoms with van der Waals surface area (Å²) in [5, 5.41) is 3.25. The van der Waals surface area contributed by atoms with Crippen molar-refractivity contribution >= 4 is 0 Å². The van der Waals surface area contributed by atoms with Gasteiger partial charge in [-0.3, -0.25) is 4.90 Å². The second kappa shape index (κ2) is 8.04. The van der Waals surface area contributed by atoms with Gasteiger partial charge in [0.1, 0.15) is 0 Å². The van der Waals surface area contributed by atoms with Gasteiger partial charge in [-0.25, -0.2) is 0 Å². The molecule has 1 saturated heterocycles. The largest absolute Gasteiger partial charge is 0.377 e. The highest BCUT2D eigenvalue weighted by Gasteiger charge is 2.21. The molecule has 3 heteroatoms. The van der Waals surface area contributed by atoms with Crippen LogP contribution in [0.25, 0.3) is 0 Å². The third-order valence-electron chi connectivity index (χ3n) is 3.31. The predicted molar refractivity (Wildman–Crippen MR) is 68.8 cm³/mol. The van der Waals surface area contributed by atoms with Crippen LogP contribution in [0.15, 0.2) is 0 Å². The molecule has 1 unspecified atom stereocenters. The summed E-state index contributed by atoms with van der Waals surface area (Å²) < 4.78 is 5.64. The fourth-order valence-corrected chi connectivity index (χ4v) is 2.40. The number of hydrogen-bond acceptors (Lipinski definition) is 3. The number of nitrogens with one attached hydrogen (secondary N) is 1. The zero-order chi connectivity index (χ0) is 11.8. The summed E-state index contributed by atoms with van der Waals surface area (Å²) >= 11 is 0. The average molecular weight is 228 g/mol. The van der Waals surface area contributed by atoms with Crippen LogP contribution in [-0.4, -0.2) is 50.3 Å². The summed E-state index contributed by atoms with van der Waals surface area (Å²) in [5.41, 5.74) is 0. The van der Waals surface area contributed by atoms with Crippen LogP contribution in [-0.2, 0) is 4.74 Å². The molecule has 1 N–H and O–H groups in total. The Balaban J connectivity index is 2.23. The molecule has 1 atom stereocenters. The van der Waals surface area contributed by atoms with E-state index in [0.717, 1.165) is 25.7 Å². The van der Waals surface area contributed by atoms with Crippen LogP contribution in [0.2, 0.25) is 0 Å². The van der Waals surface area contributed by atoms with Crippen LogP contribution >= 0.6 is 0 Å². The Kier molecular flexibility index (Phi) is 7.01. The quantitative estimate of drug-likeness (QED) is 0.720. The van der Waals surface area contributed by atoms with Crippen molar-refractivity contribution in [3.05, 3.63) is 0 Å². The van der Waals surface area contributed by atoms with Gasteiger partial charge in [0.15, 0.2) is 0 Å². The van der Waals surface area contributed by atoms with Crippen molar-refractivity contribution in [2.75, 3.05) is 33.3 Å². The highest BCUT2D eigenvalue weighted by atomic mass is 16.5. The smallest absolute Gasteiger partial charge is 0.0597 e. The van der Waals surface area contributed by atoms with Crippen LogP contribution < -0.4 is 5.32 Å². The fourth-order valence-electron chi connectivity index (χ4n) is 2.40. The summed E-state index contributed by atoms with van der Waals surface area (Å²) in [7, 11) is 2.04. The van der Waals surface area contributed by atoms with Crippen molar-refractivity contribution in [1.82, 2.24) is 10.2 Å². The van der Waals surface area contributed by atoms with E-state index in [0.29, 0.717) is 6.10 Å². The van der Waals surface area contributed by atoms with E-state index in [1.165, 1.54) is 32.2 Å². The molecule has 16 heavy (non-hydrogen) atoms. The Morgan fingerprint density at radius 1 is 1.38 bits per heavy atom. The van der Waals surface area contributed by atoms with Gasteiger partial charge < -0.3 is 10.1 Å². The van der Waals surface area contributed by atoms with Gasteiger partial charge in [-0.15, -0.1) is 0 Å². The third-order valence-corrected chi connectivity index (χ3v) is 3.31. The van der Waals surface area contributed by atoms with Crippen molar-refractivity contribution in [3.8, 4) is 0 Å². The Morgan fingerprint density at radius 2 is 2.19 bits per heavy atom. The minimum atomic E-state index is 0.362. The Morgan fingerprint density at radius 3 is 2.88 bits per heavy atom. The lowest BCUT2D eigenvalue weighted by molar-refractivity contribution is 0.0387. The van der Waals surface area contributed by atoms with E-state index in [1.54, 1.807) is 0 Å². The Labute approximate surface area is 101 Å². The first-order valence-corrected chi connectivity index (χ1v) is 6.74. The highest BCUT2D eigenvalue weighted by Crippen LogP contribution is 2.18. The maximum absolute atomic E-state index is 5.64. The van der Waals surface area contributed by atoms with Gasteiger partial charge in [0.2, 0.25) is 0 Å². The molecule has 3 nitrogen and oxygen atoms in total. The molecular weight excluding hydrogens is 200 g/mol. The molecule has 0 aliphatic carbocycles. The van der Waals surface area contributed by atoms with E-state index in [2.05, 4.69) is 24.1 Å². The first-order valence-electron chi connectivity index (χ1n) is 6.74. The standard InChI is InChI=1S/C13H28N2O/c1-12(2)16-11-10-15-9-5-4-6-13(15)7-8-14-3/h12-14H,4-11H2,1-3H3. The third kappa shape index (κ3) is 5.28. The molecule has 0 spiro atoms. The molecule has 0 saturated carbocycles. The van der Waals surface area contributed by atoms with Crippen molar-refractivity contribution in [2.24, 2.45) is 0 Å². The number of rotatable bonds is 7. The lowest BCUT2D eigenvalue weighted by Crippen LogP contribution is -2.42. The molecule has 96 valence electrons. The van der Waals surface area contributed by atoms with Crippen molar-refractivity contribution < 1.29 is 4.74 Å². The molecule has 1 aliphatic rings. The number of ether oxygens (including phenoxy) is 1. The summed E-state index contributed by atoms with van der Waals surface area (Å²) in [6.07, 6.45) is 5.76. The number of nitrogens with zero attached hydrogens (tertiary/aromatic N) is 1. The zero-order valence-electron chi connectivity index (χ0n) is 11.2. The molecule has 0 bridgehead atoms. The molecule has 1 heterocycles.